The lowest BCUT2D eigenvalue weighted by Gasteiger charge is -2.16. The molecule has 1 unspecified atom stereocenters. The number of para-hydroxylation sites is 1. The van der Waals surface area contributed by atoms with Crippen LogP contribution in [0.3, 0.4) is 0 Å². The zero-order valence-corrected chi connectivity index (χ0v) is 12.3. The van der Waals surface area contributed by atoms with Gasteiger partial charge in [-0.15, -0.1) is 0 Å². The van der Waals surface area contributed by atoms with Crippen molar-refractivity contribution >= 4 is 11.6 Å². The van der Waals surface area contributed by atoms with E-state index in [-0.39, 0.29) is 11.8 Å². The highest BCUT2D eigenvalue weighted by Gasteiger charge is 2.34. The second-order valence-electron chi connectivity index (χ2n) is 5.63. The monoisotopic (exact) mass is 320 g/mol. The molecule has 2 heterocycles. The molecule has 1 aromatic heterocycles. The molecule has 1 aromatic carbocycles. The molecule has 3 rings (SSSR count). The predicted octanol–water partition coefficient (Wildman–Crippen LogP) is 3.70. The van der Waals surface area contributed by atoms with Gasteiger partial charge in [0.2, 0.25) is 5.91 Å². The number of rotatable bonds is 3. The van der Waals surface area contributed by atoms with Gasteiger partial charge in [0, 0.05) is 24.3 Å². The van der Waals surface area contributed by atoms with Crippen LogP contribution in [-0.2, 0) is 17.4 Å². The minimum atomic E-state index is -4.45. The number of hydrogen-bond donors (Lipinski definition) is 0. The van der Waals surface area contributed by atoms with Crippen LogP contribution in [0.25, 0.3) is 0 Å². The summed E-state index contributed by atoms with van der Waals surface area (Å²) in [6.07, 6.45) is -3.76. The molecule has 1 atom stereocenters. The minimum absolute atomic E-state index is 0.00632. The van der Waals surface area contributed by atoms with Crippen LogP contribution in [0, 0.1) is 5.92 Å². The summed E-state index contributed by atoms with van der Waals surface area (Å²) in [5.74, 6) is -0.0353. The van der Waals surface area contributed by atoms with Crippen molar-refractivity contribution in [1.29, 1.82) is 0 Å². The Bertz CT molecular complexity index is 700. The Morgan fingerprint density at radius 3 is 2.52 bits per heavy atom. The second kappa shape index (κ2) is 6.02. The van der Waals surface area contributed by atoms with E-state index in [1.807, 2.05) is 30.3 Å². The van der Waals surface area contributed by atoms with E-state index in [9.17, 15) is 18.0 Å². The van der Waals surface area contributed by atoms with Gasteiger partial charge in [0.15, 0.2) is 0 Å². The first-order valence-corrected chi connectivity index (χ1v) is 7.32. The number of benzene rings is 1. The Labute approximate surface area is 131 Å². The summed E-state index contributed by atoms with van der Waals surface area (Å²) in [5.41, 5.74) is 0.295. The van der Waals surface area contributed by atoms with Crippen LogP contribution in [-0.4, -0.2) is 17.4 Å². The van der Waals surface area contributed by atoms with E-state index in [1.54, 1.807) is 11.0 Å². The van der Waals surface area contributed by atoms with Crippen molar-refractivity contribution in [3.63, 3.8) is 0 Å². The van der Waals surface area contributed by atoms with Gasteiger partial charge in [-0.25, -0.2) is 4.98 Å². The zero-order valence-electron chi connectivity index (χ0n) is 12.3. The third-order valence-electron chi connectivity index (χ3n) is 3.87. The summed E-state index contributed by atoms with van der Waals surface area (Å²) in [6.45, 7) is 0.501. The van der Waals surface area contributed by atoms with Gasteiger partial charge < -0.3 is 4.90 Å². The molecule has 2 aromatic rings. The lowest BCUT2D eigenvalue weighted by molar-refractivity contribution is -0.141. The van der Waals surface area contributed by atoms with Crippen LogP contribution in [0.2, 0.25) is 0 Å². The topological polar surface area (TPSA) is 33.2 Å². The van der Waals surface area contributed by atoms with E-state index in [0.717, 1.165) is 11.8 Å². The Morgan fingerprint density at radius 2 is 1.83 bits per heavy atom. The summed E-state index contributed by atoms with van der Waals surface area (Å²) in [7, 11) is 0. The van der Waals surface area contributed by atoms with Gasteiger partial charge in [0.1, 0.15) is 5.69 Å². The molecule has 0 radical (unpaired) electrons. The number of halogens is 3. The molecule has 6 heteroatoms. The van der Waals surface area contributed by atoms with Crippen LogP contribution in [0.15, 0.2) is 48.5 Å². The number of pyridine rings is 1. The fraction of sp³-hybridized carbons (Fsp3) is 0.294. The van der Waals surface area contributed by atoms with Crippen molar-refractivity contribution in [1.82, 2.24) is 4.98 Å². The van der Waals surface area contributed by atoms with Gasteiger partial charge in [0.25, 0.3) is 0 Å². The van der Waals surface area contributed by atoms with E-state index in [4.69, 9.17) is 0 Å². The molecular weight excluding hydrogens is 305 g/mol. The summed E-state index contributed by atoms with van der Waals surface area (Å²) in [5, 5.41) is 0. The first-order chi connectivity index (χ1) is 10.9. The SMILES string of the molecule is O=C1CC(Cc2cccc(C(F)(F)F)n2)CN1c1ccccc1. The molecule has 1 aliphatic rings. The third-order valence-corrected chi connectivity index (χ3v) is 3.87. The average molecular weight is 320 g/mol. The lowest BCUT2D eigenvalue weighted by atomic mass is 10.0. The number of carbonyl (C=O) groups is 1. The van der Waals surface area contributed by atoms with Gasteiger partial charge in [-0.05, 0) is 36.6 Å². The number of hydrogen-bond acceptors (Lipinski definition) is 2. The smallest absolute Gasteiger partial charge is 0.312 e. The maximum absolute atomic E-state index is 12.7. The number of nitrogens with zero attached hydrogens (tertiary/aromatic N) is 2. The molecule has 0 N–H and O–H groups in total. The van der Waals surface area contributed by atoms with Crippen LogP contribution in [0.5, 0.6) is 0 Å². The van der Waals surface area contributed by atoms with Gasteiger partial charge in [0.05, 0.1) is 0 Å². The van der Waals surface area contributed by atoms with Crippen molar-refractivity contribution in [2.24, 2.45) is 5.92 Å². The summed E-state index contributed by atoms with van der Waals surface area (Å²) < 4.78 is 38.1. The molecule has 0 bridgehead atoms. The van der Waals surface area contributed by atoms with Gasteiger partial charge in [-0.2, -0.15) is 13.2 Å². The summed E-state index contributed by atoms with van der Waals surface area (Å²) in [6, 6.07) is 13.2. The molecule has 0 aliphatic carbocycles. The number of amides is 1. The normalized spacial score (nSPS) is 18.5. The van der Waals surface area contributed by atoms with E-state index in [1.165, 1.54) is 6.07 Å². The van der Waals surface area contributed by atoms with Crippen molar-refractivity contribution in [2.45, 2.75) is 19.0 Å². The van der Waals surface area contributed by atoms with E-state index < -0.39 is 11.9 Å². The Morgan fingerprint density at radius 1 is 1.09 bits per heavy atom. The molecule has 0 spiro atoms. The molecule has 3 nitrogen and oxygen atoms in total. The molecule has 23 heavy (non-hydrogen) atoms. The van der Waals surface area contributed by atoms with Crippen LogP contribution >= 0.6 is 0 Å². The number of carbonyl (C=O) groups excluding carboxylic acids is 1. The van der Waals surface area contributed by atoms with E-state index in [2.05, 4.69) is 4.98 Å². The van der Waals surface area contributed by atoms with E-state index >= 15 is 0 Å². The molecule has 1 saturated heterocycles. The van der Waals surface area contributed by atoms with Crippen molar-refractivity contribution in [3.05, 3.63) is 59.9 Å². The molecule has 0 saturated carbocycles. The van der Waals surface area contributed by atoms with Gasteiger partial charge >= 0.3 is 6.18 Å². The fourth-order valence-corrected chi connectivity index (χ4v) is 2.82. The minimum Gasteiger partial charge on any atom is -0.312 e. The largest absolute Gasteiger partial charge is 0.433 e. The zero-order chi connectivity index (χ0) is 16.4. The third kappa shape index (κ3) is 3.52. The maximum Gasteiger partial charge on any atom is 0.433 e. The highest BCUT2D eigenvalue weighted by Crippen LogP contribution is 2.29. The number of alkyl halides is 3. The van der Waals surface area contributed by atoms with Crippen LogP contribution in [0.4, 0.5) is 18.9 Å². The Kier molecular flexibility index (Phi) is 4.07. The molecular formula is C17H15F3N2O. The number of anilines is 1. The Hall–Kier alpha value is -2.37. The quantitative estimate of drug-likeness (QED) is 0.864. The second-order valence-corrected chi connectivity index (χ2v) is 5.63. The summed E-state index contributed by atoms with van der Waals surface area (Å²) in [4.78, 5) is 17.5. The molecule has 1 fully saturated rings. The molecule has 120 valence electrons. The van der Waals surface area contributed by atoms with Gasteiger partial charge in [-0.1, -0.05) is 24.3 Å². The number of aromatic nitrogens is 1. The predicted molar refractivity (Wildman–Crippen MR) is 79.8 cm³/mol. The first-order valence-electron chi connectivity index (χ1n) is 7.32. The maximum atomic E-state index is 12.7. The van der Waals surface area contributed by atoms with Crippen molar-refractivity contribution in [3.8, 4) is 0 Å². The van der Waals surface area contributed by atoms with Crippen LogP contribution in [0.1, 0.15) is 17.8 Å². The molecule has 1 aliphatic heterocycles. The first kappa shape index (κ1) is 15.5. The van der Waals surface area contributed by atoms with E-state index in [0.29, 0.717) is 25.1 Å². The average Bonchev–Trinajstić information content (AvgIpc) is 2.88. The molecule has 1 amide bonds. The van der Waals surface area contributed by atoms with Crippen LogP contribution < -0.4 is 4.90 Å². The standard InChI is InChI=1S/C17H15F3N2O/c18-17(19,20)15-8-4-5-13(21-15)9-12-10-16(23)22(11-12)14-6-2-1-3-7-14/h1-8,12H,9-11H2. The summed E-state index contributed by atoms with van der Waals surface area (Å²) >= 11 is 0. The van der Waals surface area contributed by atoms with Crippen molar-refractivity contribution in [2.75, 3.05) is 11.4 Å². The highest BCUT2D eigenvalue weighted by molar-refractivity contribution is 5.95. The Balaban J connectivity index is 1.72. The lowest BCUT2D eigenvalue weighted by Crippen LogP contribution is -2.24. The van der Waals surface area contributed by atoms with Gasteiger partial charge in [-0.3, -0.25) is 4.79 Å². The highest BCUT2D eigenvalue weighted by atomic mass is 19.4. The fourth-order valence-electron chi connectivity index (χ4n) is 2.82. The van der Waals surface area contributed by atoms with Crippen molar-refractivity contribution < 1.29 is 18.0 Å².